The monoisotopic (exact) mass is 486 g/mol. The Labute approximate surface area is 214 Å². The zero-order valence-corrected chi connectivity index (χ0v) is 20.9. The largest absolute Gasteiger partial charge is 0.507 e. The Morgan fingerprint density at radius 3 is 2.30 bits per heavy atom. The molecule has 0 spiro atoms. The number of carbonyl (C=O) groups excluding carboxylic acids is 2. The van der Waals surface area contributed by atoms with Gasteiger partial charge < -0.3 is 10.1 Å². The molecule has 1 saturated heterocycles. The number of fused-ring (bicyclic) bond motifs is 2. The quantitative estimate of drug-likeness (QED) is 0.166. The minimum Gasteiger partial charge on any atom is -0.507 e. The standard InChI is InChI=1S/C32H26N2O3/c1-18-15-16-22(17-19(18)2)34-29(27-20(3)33-26-14-7-6-12-25(26)27)28(31(36)32(34)37)30(35)24-13-8-10-21-9-4-5-11-23(21)24/h4-17,29,33,35H,1-3H3/b30-28+. The van der Waals surface area contributed by atoms with Gasteiger partial charge in [0.2, 0.25) is 0 Å². The van der Waals surface area contributed by atoms with Crippen LogP contribution in [0.25, 0.3) is 27.4 Å². The van der Waals surface area contributed by atoms with Crippen molar-refractivity contribution in [1.29, 1.82) is 0 Å². The molecule has 1 fully saturated rings. The minimum atomic E-state index is -0.794. The molecule has 0 aliphatic carbocycles. The second kappa shape index (κ2) is 8.49. The van der Waals surface area contributed by atoms with Crippen molar-refractivity contribution < 1.29 is 14.7 Å². The van der Waals surface area contributed by atoms with Gasteiger partial charge >= 0.3 is 0 Å². The predicted octanol–water partition coefficient (Wildman–Crippen LogP) is 6.87. The first-order chi connectivity index (χ1) is 17.9. The summed E-state index contributed by atoms with van der Waals surface area (Å²) in [6.45, 7) is 5.93. The summed E-state index contributed by atoms with van der Waals surface area (Å²) in [4.78, 5) is 32.3. The molecule has 0 radical (unpaired) electrons. The normalized spacial score (nSPS) is 17.3. The number of hydrogen-bond acceptors (Lipinski definition) is 3. The molecule has 1 unspecified atom stereocenters. The third-order valence-corrected chi connectivity index (χ3v) is 7.47. The maximum Gasteiger partial charge on any atom is 0.300 e. The third kappa shape index (κ3) is 3.46. The fraction of sp³-hybridized carbons (Fsp3) is 0.125. The molecule has 2 N–H and O–H groups in total. The molecule has 1 aromatic heterocycles. The van der Waals surface area contributed by atoms with Crippen LogP contribution < -0.4 is 4.90 Å². The van der Waals surface area contributed by atoms with Gasteiger partial charge in [-0.3, -0.25) is 14.5 Å². The highest BCUT2D eigenvalue weighted by molar-refractivity contribution is 6.52. The Hall–Kier alpha value is -4.64. The van der Waals surface area contributed by atoms with Crippen molar-refractivity contribution in [3.63, 3.8) is 0 Å². The van der Waals surface area contributed by atoms with E-state index in [-0.39, 0.29) is 11.3 Å². The first kappa shape index (κ1) is 22.8. The lowest BCUT2D eigenvalue weighted by Gasteiger charge is -2.26. The summed E-state index contributed by atoms with van der Waals surface area (Å²) in [5.74, 6) is -1.52. The van der Waals surface area contributed by atoms with Gasteiger partial charge in [0, 0.05) is 33.4 Å². The van der Waals surface area contributed by atoms with Crippen LogP contribution in [0.1, 0.15) is 34.0 Å². The van der Waals surface area contributed by atoms with Crippen LogP contribution in [0, 0.1) is 20.8 Å². The summed E-state index contributed by atoms with van der Waals surface area (Å²) in [6.07, 6.45) is 0. The van der Waals surface area contributed by atoms with E-state index in [0.717, 1.165) is 44.1 Å². The lowest BCUT2D eigenvalue weighted by molar-refractivity contribution is -0.132. The number of carbonyl (C=O) groups is 2. The maximum absolute atomic E-state index is 13.7. The van der Waals surface area contributed by atoms with E-state index in [1.165, 1.54) is 4.90 Å². The Balaban J connectivity index is 1.68. The molecule has 0 saturated carbocycles. The van der Waals surface area contributed by atoms with Gasteiger partial charge in [-0.1, -0.05) is 66.7 Å². The number of aliphatic hydroxyl groups is 1. The number of benzene rings is 4. The Kier molecular flexibility index (Phi) is 5.23. The molecule has 1 amide bonds. The van der Waals surface area contributed by atoms with E-state index >= 15 is 0 Å². The number of ketones is 1. The van der Waals surface area contributed by atoms with Crippen LogP contribution in [0.3, 0.4) is 0 Å². The predicted molar refractivity (Wildman–Crippen MR) is 148 cm³/mol. The highest BCUT2D eigenvalue weighted by atomic mass is 16.3. The SMILES string of the molecule is Cc1ccc(N2C(=O)C(=O)/C(=C(/O)c3cccc4ccccc34)C2c2c(C)[nH]c3ccccc23)cc1C. The fourth-order valence-electron chi connectivity index (χ4n) is 5.48. The van der Waals surface area contributed by atoms with Crippen LogP contribution in [-0.2, 0) is 9.59 Å². The number of para-hydroxylation sites is 1. The van der Waals surface area contributed by atoms with Crippen molar-refractivity contribution in [1.82, 2.24) is 4.98 Å². The first-order valence-corrected chi connectivity index (χ1v) is 12.3. The average Bonchev–Trinajstić information content (AvgIpc) is 3.37. The van der Waals surface area contributed by atoms with Crippen LogP contribution >= 0.6 is 0 Å². The van der Waals surface area contributed by atoms with E-state index in [1.807, 2.05) is 99.6 Å². The molecule has 2 heterocycles. The van der Waals surface area contributed by atoms with Crippen molar-refractivity contribution in [3.8, 4) is 0 Å². The molecule has 4 aromatic carbocycles. The third-order valence-electron chi connectivity index (χ3n) is 7.47. The van der Waals surface area contributed by atoms with Crippen LogP contribution in [-0.4, -0.2) is 21.8 Å². The first-order valence-electron chi connectivity index (χ1n) is 12.3. The molecule has 5 aromatic rings. The maximum atomic E-state index is 13.7. The number of anilines is 1. The number of H-pyrrole nitrogens is 1. The number of aryl methyl sites for hydroxylation is 3. The minimum absolute atomic E-state index is 0.0902. The summed E-state index contributed by atoms with van der Waals surface area (Å²) >= 11 is 0. The number of nitrogens with one attached hydrogen (secondary N) is 1. The van der Waals surface area contributed by atoms with Crippen molar-refractivity contribution in [2.75, 3.05) is 4.90 Å². The highest BCUT2D eigenvalue weighted by Crippen LogP contribution is 2.46. The summed E-state index contributed by atoms with van der Waals surface area (Å²) in [6, 6.07) is 26.1. The summed E-state index contributed by atoms with van der Waals surface area (Å²) in [5, 5.41) is 14.4. The molecule has 5 heteroatoms. The van der Waals surface area contributed by atoms with Gasteiger partial charge in [-0.05, 0) is 60.9 Å². The van der Waals surface area contributed by atoms with Gasteiger partial charge in [0.15, 0.2) is 0 Å². The second-order valence-corrected chi connectivity index (χ2v) is 9.67. The molecule has 1 aliphatic heterocycles. The van der Waals surface area contributed by atoms with Crippen molar-refractivity contribution in [3.05, 3.63) is 118 Å². The smallest absolute Gasteiger partial charge is 0.300 e. The van der Waals surface area contributed by atoms with E-state index in [0.29, 0.717) is 11.3 Å². The molecule has 1 atom stereocenters. The number of amides is 1. The van der Waals surface area contributed by atoms with Crippen LogP contribution in [0.15, 0.2) is 90.5 Å². The number of nitrogens with zero attached hydrogens (tertiary/aromatic N) is 1. The number of Topliss-reactive ketones (excluding diaryl/α,β-unsaturated/α-hetero) is 1. The molecule has 1 aliphatic rings. The van der Waals surface area contributed by atoms with Gasteiger partial charge in [0.1, 0.15) is 5.76 Å². The molecule has 5 nitrogen and oxygen atoms in total. The van der Waals surface area contributed by atoms with Gasteiger partial charge in [-0.2, -0.15) is 0 Å². The van der Waals surface area contributed by atoms with E-state index in [4.69, 9.17) is 0 Å². The van der Waals surface area contributed by atoms with E-state index in [9.17, 15) is 14.7 Å². The van der Waals surface area contributed by atoms with E-state index in [1.54, 1.807) is 6.07 Å². The van der Waals surface area contributed by atoms with Gasteiger partial charge in [-0.25, -0.2) is 0 Å². The molecule has 0 bridgehead atoms. The van der Waals surface area contributed by atoms with Crippen molar-refractivity contribution in [2.45, 2.75) is 26.8 Å². The van der Waals surface area contributed by atoms with Crippen molar-refractivity contribution >= 4 is 44.8 Å². The fourth-order valence-corrected chi connectivity index (χ4v) is 5.48. The van der Waals surface area contributed by atoms with E-state index < -0.39 is 17.7 Å². The number of rotatable bonds is 3. The van der Waals surface area contributed by atoms with Crippen LogP contribution in [0.5, 0.6) is 0 Å². The molecule has 37 heavy (non-hydrogen) atoms. The Morgan fingerprint density at radius 1 is 0.811 bits per heavy atom. The second-order valence-electron chi connectivity index (χ2n) is 9.67. The zero-order valence-electron chi connectivity index (χ0n) is 20.9. The molecule has 182 valence electrons. The lowest BCUT2D eigenvalue weighted by Crippen LogP contribution is -2.29. The summed E-state index contributed by atoms with van der Waals surface area (Å²) < 4.78 is 0. The van der Waals surface area contributed by atoms with Gasteiger partial charge in [0.05, 0.1) is 11.6 Å². The van der Waals surface area contributed by atoms with E-state index in [2.05, 4.69) is 4.98 Å². The number of aliphatic hydroxyl groups excluding tert-OH is 1. The van der Waals surface area contributed by atoms with Crippen LogP contribution in [0.4, 0.5) is 5.69 Å². The van der Waals surface area contributed by atoms with Crippen molar-refractivity contribution in [2.24, 2.45) is 0 Å². The molecular weight excluding hydrogens is 460 g/mol. The Bertz CT molecular complexity index is 1770. The number of aromatic nitrogens is 1. The summed E-state index contributed by atoms with van der Waals surface area (Å²) in [7, 11) is 0. The summed E-state index contributed by atoms with van der Waals surface area (Å²) in [5.41, 5.74) is 5.90. The zero-order chi connectivity index (χ0) is 25.8. The molecular formula is C32H26N2O3. The highest BCUT2D eigenvalue weighted by Gasteiger charge is 2.48. The van der Waals surface area contributed by atoms with Gasteiger partial charge in [-0.15, -0.1) is 0 Å². The average molecular weight is 487 g/mol. The van der Waals surface area contributed by atoms with Gasteiger partial charge in [0.25, 0.3) is 11.7 Å². The number of hydrogen-bond donors (Lipinski definition) is 2. The number of aromatic amines is 1. The molecule has 6 rings (SSSR count). The van der Waals surface area contributed by atoms with Crippen LogP contribution in [0.2, 0.25) is 0 Å². The Morgan fingerprint density at radius 2 is 1.51 bits per heavy atom. The lowest BCUT2D eigenvalue weighted by atomic mass is 9.91. The topological polar surface area (TPSA) is 73.4 Å².